The molecule has 2 nitrogen and oxygen atoms in total. The molecule has 9 aromatic rings. The van der Waals surface area contributed by atoms with Crippen molar-refractivity contribution in [2.45, 2.75) is 0 Å². The van der Waals surface area contributed by atoms with Crippen LogP contribution in [0, 0.1) is 0 Å². The minimum atomic E-state index is 0.135. The summed E-state index contributed by atoms with van der Waals surface area (Å²) in [4.78, 5) is 0. The number of hydrogen-bond donors (Lipinski definition) is 0. The summed E-state index contributed by atoms with van der Waals surface area (Å²) in [6.45, 7) is 0.135. The lowest BCUT2D eigenvalue weighted by Crippen LogP contribution is -2.59. The van der Waals surface area contributed by atoms with E-state index in [0.717, 1.165) is 0 Å². The monoisotopic (exact) mass is 516 g/mol. The lowest BCUT2D eigenvalue weighted by molar-refractivity contribution is 1.16. The second-order valence-corrected chi connectivity index (χ2v) is 11.7. The Labute approximate surface area is 235 Å². The molecule has 7 aromatic carbocycles. The van der Waals surface area contributed by atoms with Crippen molar-refractivity contribution in [1.82, 2.24) is 9.13 Å². The van der Waals surface area contributed by atoms with Gasteiger partial charge in [0.1, 0.15) is 0 Å². The fourth-order valence-electron chi connectivity index (χ4n) is 8.38. The standard InChI is InChI=1S/C38H21BN2/c1-3-12-24-22(10-1)20-29-27-15-6-7-18-31(27)40-33-21-23-11-2-4-13-25(23)37-35(33)39(34(24)38(29)40)30-17-9-16-28-26-14-5-8-19-32(26)41(37)36(28)30/h1-21H. The molecule has 0 saturated carbocycles. The zero-order valence-corrected chi connectivity index (χ0v) is 22.1. The van der Waals surface area contributed by atoms with E-state index >= 15 is 0 Å². The van der Waals surface area contributed by atoms with Crippen LogP contribution in [0.1, 0.15) is 0 Å². The van der Waals surface area contributed by atoms with Crippen molar-refractivity contribution >= 4 is 88.3 Å². The maximum absolute atomic E-state index is 2.58. The molecule has 0 aliphatic carbocycles. The number of hydrogen-bond acceptors (Lipinski definition) is 0. The number of aromatic nitrogens is 2. The molecular weight excluding hydrogens is 495 g/mol. The minimum absolute atomic E-state index is 0.135. The van der Waals surface area contributed by atoms with Crippen LogP contribution < -0.4 is 16.4 Å². The number of rotatable bonds is 0. The van der Waals surface area contributed by atoms with Gasteiger partial charge in [-0.25, -0.2) is 0 Å². The van der Waals surface area contributed by atoms with Crippen molar-refractivity contribution in [2.24, 2.45) is 0 Å². The predicted molar refractivity (Wildman–Crippen MR) is 175 cm³/mol. The lowest BCUT2D eigenvalue weighted by atomic mass is 9.33. The van der Waals surface area contributed by atoms with E-state index in [4.69, 9.17) is 0 Å². The molecule has 2 aromatic heterocycles. The van der Waals surface area contributed by atoms with E-state index < -0.39 is 0 Å². The Kier molecular flexibility index (Phi) is 3.46. The van der Waals surface area contributed by atoms with Crippen molar-refractivity contribution in [2.75, 3.05) is 0 Å². The first-order valence-corrected chi connectivity index (χ1v) is 14.4. The number of para-hydroxylation sites is 3. The van der Waals surface area contributed by atoms with Gasteiger partial charge in [-0.05, 0) is 56.8 Å². The van der Waals surface area contributed by atoms with Gasteiger partial charge >= 0.3 is 0 Å². The Bertz CT molecular complexity index is 2650. The van der Waals surface area contributed by atoms with Crippen molar-refractivity contribution in [3.63, 3.8) is 0 Å². The van der Waals surface area contributed by atoms with Crippen LogP contribution in [-0.2, 0) is 0 Å². The van der Waals surface area contributed by atoms with E-state index in [1.807, 2.05) is 0 Å². The molecule has 0 atom stereocenters. The highest BCUT2D eigenvalue weighted by molar-refractivity contribution is 7.01. The van der Waals surface area contributed by atoms with E-state index in [-0.39, 0.29) is 6.71 Å². The summed E-state index contributed by atoms with van der Waals surface area (Å²) in [5, 5.41) is 10.6. The average Bonchev–Trinajstić information content (AvgIpc) is 3.54. The average molecular weight is 516 g/mol. The lowest BCUT2D eigenvalue weighted by Gasteiger charge is -2.35. The highest BCUT2D eigenvalue weighted by Crippen LogP contribution is 2.42. The van der Waals surface area contributed by atoms with Crippen LogP contribution in [0.2, 0.25) is 0 Å². The topological polar surface area (TPSA) is 9.86 Å². The van der Waals surface area contributed by atoms with Crippen LogP contribution in [0.15, 0.2) is 127 Å². The molecule has 4 heterocycles. The first-order valence-electron chi connectivity index (χ1n) is 14.4. The third kappa shape index (κ3) is 2.24. The molecule has 186 valence electrons. The Balaban J connectivity index is 1.51. The quantitative estimate of drug-likeness (QED) is 0.187. The number of benzene rings is 7. The van der Waals surface area contributed by atoms with Crippen LogP contribution in [-0.4, -0.2) is 15.8 Å². The zero-order chi connectivity index (χ0) is 26.4. The summed E-state index contributed by atoms with van der Waals surface area (Å²) in [6.07, 6.45) is 0. The van der Waals surface area contributed by atoms with Gasteiger partial charge in [-0.2, -0.15) is 0 Å². The molecule has 41 heavy (non-hydrogen) atoms. The van der Waals surface area contributed by atoms with Crippen LogP contribution >= 0.6 is 0 Å². The summed E-state index contributed by atoms with van der Waals surface area (Å²) in [5.74, 6) is 0. The van der Waals surface area contributed by atoms with Crippen molar-refractivity contribution in [3.8, 4) is 11.4 Å². The van der Waals surface area contributed by atoms with Gasteiger partial charge in [-0.1, -0.05) is 103 Å². The fraction of sp³-hybridized carbons (Fsp3) is 0. The smallest absolute Gasteiger partial charge is 0.253 e. The van der Waals surface area contributed by atoms with Crippen LogP contribution in [0.3, 0.4) is 0 Å². The molecule has 3 heteroatoms. The van der Waals surface area contributed by atoms with E-state index in [9.17, 15) is 0 Å². The molecule has 0 spiro atoms. The third-order valence-electron chi connectivity index (χ3n) is 9.84. The summed E-state index contributed by atoms with van der Waals surface area (Å²) in [6, 6.07) is 47.7. The molecule has 2 aliphatic rings. The van der Waals surface area contributed by atoms with Crippen LogP contribution in [0.4, 0.5) is 0 Å². The molecule has 2 aliphatic heterocycles. The molecule has 0 N–H and O–H groups in total. The minimum Gasteiger partial charge on any atom is -0.310 e. The van der Waals surface area contributed by atoms with E-state index in [1.54, 1.807) is 0 Å². The maximum atomic E-state index is 2.58. The van der Waals surface area contributed by atoms with Gasteiger partial charge in [0, 0.05) is 43.7 Å². The first kappa shape index (κ1) is 20.6. The Morgan fingerprint density at radius 2 is 1.02 bits per heavy atom. The highest BCUT2D eigenvalue weighted by Gasteiger charge is 2.42. The SMILES string of the molecule is c1ccc2c3c4c(cc2c1)-n1c2ccccc2c2cc5ccccc5c(c21)B4c1cccc2c4ccccc4n-3c12. The van der Waals surface area contributed by atoms with Crippen LogP contribution in [0.25, 0.3) is 76.5 Å². The largest absolute Gasteiger partial charge is 0.310 e. The van der Waals surface area contributed by atoms with Gasteiger partial charge in [-0.3, -0.25) is 0 Å². The zero-order valence-electron chi connectivity index (χ0n) is 22.1. The van der Waals surface area contributed by atoms with Gasteiger partial charge in [0.2, 0.25) is 0 Å². The molecule has 11 rings (SSSR count). The molecule has 0 bridgehead atoms. The second kappa shape index (κ2) is 6.89. The van der Waals surface area contributed by atoms with Crippen molar-refractivity contribution in [3.05, 3.63) is 127 Å². The molecule has 0 saturated heterocycles. The molecule has 0 unspecified atom stereocenters. The normalized spacial score (nSPS) is 13.3. The van der Waals surface area contributed by atoms with E-state index in [1.165, 1.54) is 92.9 Å². The van der Waals surface area contributed by atoms with Gasteiger partial charge in [0.05, 0.1) is 16.7 Å². The molecule has 0 radical (unpaired) electrons. The van der Waals surface area contributed by atoms with Gasteiger partial charge in [0.25, 0.3) is 6.71 Å². The fourth-order valence-corrected chi connectivity index (χ4v) is 8.38. The Morgan fingerprint density at radius 1 is 0.415 bits per heavy atom. The summed E-state index contributed by atoms with van der Waals surface area (Å²) in [7, 11) is 0. The summed E-state index contributed by atoms with van der Waals surface area (Å²) < 4.78 is 5.15. The van der Waals surface area contributed by atoms with Crippen molar-refractivity contribution in [1.29, 1.82) is 0 Å². The Hall–Kier alpha value is -5.28. The van der Waals surface area contributed by atoms with Crippen molar-refractivity contribution < 1.29 is 0 Å². The molecular formula is C38H21BN2. The summed E-state index contributed by atoms with van der Waals surface area (Å²) >= 11 is 0. The van der Waals surface area contributed by atoms with Gasteiger partial charge in [0.15, 0.2) is 0 Å². The van der Waals surface area contributed by atoms with E-state index in [0.29, 0.717) is 0 Å². The predicted octanol–water partition coefficient (Wildman–Crippen LogP) is 7.33. The van der Waals surface area contributed by atoms with Gasteiger partial charge < -0.3 is 9.13 Å². The second-order valence-electron chi connectivity index (χ2n) is 11.7. The summed E-state index contributed by atoms with van der Waals surface area (Å²) in [5.41, 5.74) is 12.1. The third-order valence-corrected chi connectivity index (χ3v) is 9.84. The first-order chi connectivity index (χ1) is 20.4. The number of fused-ring (bicyclic) bond motifs is 14. The highest BCUT2D eigenvalue weighted by atomic mass is 15.0. The Morgan fingerprint density at radius 3 is 1.83 bits per heavy atom. The van der Waals surface area contributed by atoms with Crippen LogP contribution in [0.5, 0.6) is 0 Å². The maximum Gasteiger partial charge on any atom is 0.253 e. The van der Waals surface area contributed by atoms with Gasteiger partial charge in [-0.15, -0.1) is 0 Å². The molecule has 0 fully saturated rings. The molecule has 0 amide bonds. The number of nitrogens with zero attached hydrogens (tertiary/aromatic N) is 2. The van der Waals surface area contributed by atoms with E-state index in [2.05, 4.69) is 137 Å².